The molecule has 0 aromatic heterocycles. The number of hydrogen-bond acceptors (Lipinski definition) is 8. The Bertz CT molecular complexity index is 1040. The fraction of sp³-hybridized carbons (Fsp3) is 0.440. The number of benzene rings is 2. The summed E-state index contributed by atoms with van der Waals surface area (Å²) < 4.78 is 32.3. The minimum atomic E-state index is -0.522. The maximum absolute atomic E-state index is 13.1. The fourth-order valence-corrected chi connectivity index (χ4v) is 4.12. The summed E-state index contributed by atoms with van der Waals surface area (Å²) in [5.41, 5.74) is 1.34. The highest BCUT2D eigenvalue weighted by molar-refractivity contribution is 6.00. The van der Waals surface area contributed by atoms with Gasteiger partial charge >= 0.3 is 0 Å². The molecule has 2 aromatic carbocycles. The summed E-state index contributed by atoms with van der Waals surface area (Å²) in [5, 5.41) is 3.00. The number of anilines is 1. The summed E-state index contributed by atoms with van der Waals surface area (Å²) in [7, 11) is 9.12. The van der Waals surface area contributed by atoms with Crippen molar-refractivity contribution in [3.8, 4) is 34.5 Å². The highest BCUT2D eigenvalue weighted by Gasteiger charge is 2.36. The van der Waals surface area contributed by atoms with Crippen molar-refractivity contribution >= 4 is 17.5 Å². The maximum atomic E-state index is 13.1. The summed E-state index contributed by atoms with van der Waals surface area (Å²) >= 11 is 0. The molecule has 190 valence electrons. The monoisotopic (exact) mass is 488 g/mol. The van der Waals surface area contributed by atoms with Crippen molar-refractivity contribution in [1.29, 1.82) is 0 Å². The van der Waals surface area contributed by atoms with Crippen LogP contribution in [0.1, 0.15) is 24.9 Å². The summed E-state index contributed by atoms with van der Waals surface area (Å²) in [6.45, 7) is 2.08. The number of carbonyl (C=O) groups excluding carboxylic acids is 2. The zero-order valence-electron chi connectivity index (χ0n) is 21.1. The topological polar surface area (TPSA) is 105 Å². The minimum Gasteiger partial charge on any atom is -0.493 e. The van der Waals surface area contributed by atoms with Crippen molar-refractivity contribution in [3.63, 3.8) is 0 Å². The molecule has 1 N–H and O–H groups in total. The lowest BCUT2D eigenvalue weighted by Gasteiger charge is -2.21. The molecule has 0 bridgehead atoms. The molecule has 2 unspecified atom stereocenters. The molecular formula is C25H32N2O8. The van der Waals surface area contributed by atoms with Crippen LogP contribution < -0.4 is 38.6 Å². The largest absolute Gasteiger partial charge is 0.493 e. The number of nitrogens with zero attached hydrogens (tertiary/aromatic N) is 1. The molecule has 10 nitrogen and oxygen atoms in total. The van der Waals surface area contributed by atoms with Gasteiger partial charge in [0, 0.05) is 25.1 Å². The molecule has 2 aromatic rings. The van der Waals surface area contributed by atoms with Crippen molar-refractivity contribution < 1.29 is 38.0 Å². The Hall–Kier alpha value is -3.82. The third-order valence-corrected chi connectivity index (χ3v) is 6.00. The van der Waals surface area contributed by atoms with Crippen LogP contribution in [0.3, 0.4) is 0 Å². The smallest absolute Gasteiger partial charge is 0.227 e. The summed E-state index contributed by atoms with van der Waals surface area (Å²) in [4.78, 5) is 27.5. The Kier molecular flexibility index (Phi) is 8.16. The van der Waals surface area contributed by atoms with E-state index >= 15 is 0 Å². The first kappa shape index (κ1) is 25.8. The van der Waals surface area contributed by atoms with E-state index in [1.165, 1.54) is 42.7 Å². The van der Waals surface area contributed by atoms with Crippen LogP contribution in [-0.4, -0.2) is 61.0 Å². The molecule has 35 heavy (non-hydrogen) atoms. The lowest BCUT2D eigenvalue weighted by atomic mass is 10.0. The van der Waals surface area contributed by atoms with Crippen molar-refractivity contribution in [2.45, 2.75) is 19.4 Å². The molecule has 1 aliphatic rings. The molecule has 0 saturated carbocycles. The highest BCUT2D eigenvalue weighted by Crippen LogP contribution is 2.42. The van der Waals surface area contributed by atoms with Gasteiger partial charge in [0.25, 0.3) is 0 Å². The van der Waals surface area contributed by atoms with Crippen molar-refractivity contribution in [2.24, 2.45) is 5.92 Å². The second-order valence-corrected chi connectivity index (χ2v) is 7.98. The van der Waals surface area contributed by atoms with Crippen LogP contribution >= 0.6 is 0 Å². The second-order valence-electron chi connectivity index (χ2n) is 7.98. The van der Waals surface area contributed by atoms with Gasteiger partial charge in [0.05, 0.1) is 60.3 Å². The van der Waals surface area contributed by atoms with E-state index in [4.69, 9.17) is 28.4 Å². The molecule has 0 spiro atoms. The van der Waals surface area contributed by atoms with E-state index in [2.05, 4.69) is 5.32 Å². The van der Waals surface area contributed by atoms with Crippen LogP contribution in [0.4, 0.5) is 5.69 Å². The van der Waals surface area contributed by atoms with Crippen LogP contribution in [0.2, 0.25) is 0 Å². The van der Waals surface area contributed by atoms with Crippen LogP contribution in [-0.2, 0) is 9.59 Å². The van der Waals surface area contributed by atoms with E-state index in [0.717, 1.165) is 5.56 Å². The van der Waals surface area contributed by atoms with Gasteiger partial charge in [-0.1, -0.05) is 0 Å². The van der Waals surface area contributed by atoms with Crippen molar-refractivity contribution in [3.05, 3.63) is 29.8 Å². The zero-order chi connectivity index (χ0) is 25.7. The Balaban J connectivity index is 1.78. The molecule has 2 amide bonds. The van der Waals surface area contributed by atoms with Crippen LogP contribution in [0.5, 0.6) is 34.5 Å². The number of amides is 2. The summed E-state index contributed by atoms with van der Waals surface area (Å²) in [6.07, 6.45) is 0.0878. The number of methoxy groups -OCH3 is 6. The van der Waals surface area contributed by atoms with Crippen LogP contribution in [0.25, 0.3) is 0 Å². The van der Waals surface area contributed by atoms with Gasteiger partial charge in [-0.2, -0.15) is 0 Å². The number of rotatable bonds is 10. The number of carbonyl (C=O) groups is 2. The SMILES string of the molecule is COc1cc(C(C)NC(=O)C2CC(=O)N(c3cc(OC)c(OC)c(OC)c3)C2)cc(OC)c1OC. The maximum Gasteiger partial charge on any atom is 0.227 e. The highest BCUT2D eigenvalue weighted by atomic mass is 16.5. The van der Waals surface area contributed by atoms with E-state index < -0.39 is 5.92 Å². The van der Waals surface area contributed by atoms with E-state index in [1.807, 2.05) is 6.92 Å². The summed E-state index contributed by atoms with van der Waals surface area (Å²) in [5.74, 6) is 1.83. The molecule has 0 radical (unpaired) electrons. The number of ether oxygens (including phenoxy) is 6. The standard InChI is InChI=1S/C25H32N2O8/c1-14(15-8-18(30-2)23(34-6)19(9-15)31-3)26-25(29)16-10-22(28)27(13-16)17-11-20(32-4)24(35-7)21(12-17)33-5/h8-9,11-12,14,16H,10,13H2,1-7H3,(H,26,29). The molecule has 0 aliphatic carbocycles. The number of hydrogen-bond donors (Lipinski definition) is 1. The lowest BCUT2D eigenvalue weighted by molar-refractivity contribution is -0.126. The Morgan fingerprint density at radius 3 is 1.71 bits per heavy atom. The molecule has 2 atom stereocenters. The average molecular weight is 489 g/mol. The number of nitrogens with one attached hydrogen (secondary N) is 1. The molecule has 1 aliphatic heterocycles. The average Bonchev–Trinajstić information content (AvgIpc) is 3.28. The van der Waals surface area contributed by atoms with Crippen LogP contribution in [0, 0.1) is 5.92 Å². The van der Waals surface area contributed by atoms with Crippen LogP contribution in [0.15, 0.2) is 24.3 Å². The van der Waals surface area contributed by atoms with Gasteiger partial charge in [-0.15, -0.1) is 0 Å². The molecule has 1 fully saturated rings. The van der Waals surface area contributed by atoms with Gasteiger partial charge in [0.2, 0.25) is 23.3 Å². The van der Waals surface area contributed by atoms with Gasteiger partial charge in [-0.3, -0.25) is 9.59 Å². The van der Waals surface area contributed by atoms with Crippen molar-refractivity contribution in [1.82, 2.24) is 5.32 Å². The van der Waals surface area contributed by atoms with Gasteiger partial charge < -0.3 is 38.6 Å². The Morgan fingerprint density at radius 2 is 1.29 bits per heavy atom. The van der Waals surface area contributed by atoms with E-state index in [1.54, 1.807) is 29.2 Å². The Labute approximate surface area is 205 Å². The molecule has 1 saturated heterocycles. The predicted molar refractivity (Wildman–Crippen MR) is 129 cm³/mol. The zero-order valence-corrected chi connectivity index (χ0v) is 21.1. The molecule has 1 heterocycles. The Morgan fingerprint density at radius 1 is 0.829 bits per heavy atom. The fourth-order valence-electron chi connectivity index (χ4n) is 4.12. The molecule has 10 heteroatoms. The quantitative estimate of drug-likeness (QED) is 0.544. The normalized spacial score (nSPS) is 15.9. The van der Waals surface area contributed by atoms with Gasteiger partial charge in [0.1, 0.15) is 0 Å². The minimum absolute atomic E-state index is 0.0878. The molecular weight excluding hydrogens is 456 g/mol. The molecule has 3 rings (SSSR count). The lowest BCUT2D eigenvalue weighted by Crippen LogP contribution is -2.34. The summed E-state index contributed by atoms with van der Waals surface area (Å²) in [6, 6.07) is 6.60. The van der Waals surface area contributed by atoms with Gasteiger partial charge in [0.15, 0.2) is 23.0 Å². The third kappa shape index (κ3) is 5.16. The first-order valence-corrected chi connectivity index (χ1v) is 11.0. The van der Waals surface area contributed by atoms with E-state index in [0.29, 0.717) is 40.2 Å². The van der Waals surface area contributed by atoms with E-state index in [-0.39, 0.29) is 30.8 Å². The second kappa shape index (κ2) is 11.1. The predicted octanol–water partition coefficient (Wildman–Crippen LogP) is 2.97. The first-order valence-electron chi connectivity index (χ1n) is 11.0. The van der Waals surface area contributed by atoms with E-state index in [9.17, 15) is 9.59 Å². The van der Waals surface area contributed by atoms with Gasteiger partial charge in [-0.25, -0.2) is 0 Å². The van der Waals surface area contributed by atoms with Gasteiger partial charge in [-0.05, 0) is 24.6 Å². The third-order valence-electron chi connectivity index (χ3n) is 6.00. The van der Waals surface area contributed by atoms with Crippen molar-refractivity contribution in [2.75, 3.05) is 54.1 Å². The first-order chi connectivity index (χ1) is 16.8.